The zero-order valence-corrected chi connectivity index (χ0v) is 12.6. The number of nitriles is 1. The van der Waals surface area contributed by atoms with Crippen molar-refractivity contribution in [1.29, 1.82) is 5.26 Å². The molecule has 0 bridgehead atoms. The Morgan fingerprint density at radius 1 is 1.36 bits per heavy atom. The number of nitrogens with one attached hydrogen (secondary N) is 2. The van der Waals surface area contributed by atoms with Crippen molar-refractivity contribution < 1.29 is 9.32 Å². The molecule has 2 aromatic rings. The molecule has 0 aliphatic heterocycles. The van der Waals surface area contributed by atoms with Gasteiger partial charge in [0.15, 0.2) is 5.82 Å². The molecule has 112 valence electrons. The van der Waals surface area contributed by atoms with Crippen molar-refractivity contribution in [2.45, 2.75) is 20.8 Å². The Hall–Kier alpha value is -3.07. The monoisotopic (exact) mass is 296 g/mol. The Labute approximate surface area is 128 Å². The first-order valence-corrected chi connectivity index (χ1v) is 6.69. The van der Waals surface area contributed by atoms with E-state index < -0.39 is 5.91 Å². The summed E-state index contributed by atoms with van der Waals surface area (Å²) in [4.78, 5) is 12.1. The molecule has 0 spiro atoms. The number of rotatable bonds is 4. The standard InChI is InChI=1S/C16H16N4O2/c1-10-5-4-6-14(12(10)3)19-16(21)13(8-17)9-18-15-7-11(2)22-20-15/h4-7,9H,1-3H3,(H,18,20)(H,19,21)/b13-9-. The first kappa shape index (κ1) is 15.3. The van der Waals surface area contributed by atoms with E-state index in [1.165, 1.54) is 6.20 Å². The number of aryl methyl sites for hydroxylation is 2. The maximum absolute atomic E-state index is 12.1. The minimum absolute atomic E-state index is 0.0541. The molecule has 0 radical (unpaired) electrons. The quantitative estimate of drug-likeness (QED) is 0.668. The summed E-state index contributed by atoms with van der Waals surface area (Å²) in [5, 5.41) is 18.3. The Kier molecular flexibility index (Phi) is 4.59. The van der Waals surface area contributed by atoms with Crippen LogP contribution in [0.15, 0.2) is 40.6 Å². The summed E-state index contributed by atoms with van der Waals surface area (Å²) in [5.41, 5.74) is 2.66. The fourth-order valence-electron chi connectivity index (χ4n) is 1.81. The van der Waals surface area contributed by atoms with E-state index in [0.717, 1.165) is 11.1 Å². The van der Waals surface area contributed by atoms with Crippen molar-refractivity contribution >= 4 is 17.4 Å². The number of carbonyl (C=O) groups excluding carboxylic acids is 1. The van der Waals surface area contributed by atoms with Gasteiger partial charge < -0.3 is 15.2 Å². The van der Waals surface area contributed by atoms with Crippen molar-refractivity contribution in [3.63, 3.8) is 0 Å². The highest BCUT2D eigenvalue weighted by Crippen LogP contribution is 2.18. The third kappa shape index (κ3) is 3.52. The highest BCUT2D eigenvalue weighted by atomic mass is 16.5. The molecule has 2 rings (SSSR count). The van der Waals surface area contributed by atoms with Gasteiger partial charge in [0.05, 0.1) is 0 Å². The lowest BCUT2D eigenvalue weighted by atomic mass is 10.1. The summed E-state index contributed by atoms with van der Waals surface area (Å²) < 4.78 is 4.89. The van der Waals surface area contributed by atoms with E-state index in [-0.39, 0.29) is 5.57 Å². The molecular formula is C16H16N4O2. The van der Waals surface area contributed by atoms with Crippen molar-refractivity contribution in [3.05, 3.63) is 52.9 Å². The van der Waals surface area contributed by atoms with E-state index in [4.69, 9.17) is 9.78 Å². The van der Waals surface area contributed by atoms with E-state index >= 15 is 0 Å². The molecule has 22 heavy (non-hydrogen) atoms. The van der Waals surface area contributed by atoms with Crippen LogP contribution in [-0.4, -0.2) is 11.1 Å². The Balaban J connectivity index is 2.12. The van der Waals surface area contributed by atoms with Crippen LogP contribution in [0.1, 0.15) is 16.9 Å². The number of nitrogens with zero attached hydrogens (tertiary/aromatic N) is 2. The van der Waals surface area contributed by atoms with Crippen LogP contribution in [0, 0.1) is 32.1 Å². The van der Waals surface area contributed by atoms with Gasteiger partial charge in [-0.05, 0) is 38.0 Å². The molecule has 0 aliphatic carbocycles. The molecule has 0 unspecified atom stereocenters. The van der Waals surface area contributed by atoms with E-state index in [9.17, 15) is 4.79 Å². The van der Waals surface area contributed by atoms with Crippen LogP contribution in [0.2, 0.25) is 0 Å². The Bertz CT molecular complexity index is 769. The number of aromatic nitrogens is 1. The van der Waals surface area contributed by atoms with Crippen molar-refractivity contribution in [3.8, 4) is 6.07 Å². The van der Waals surface area contributed by atoms with Crippen LogP contribution in [0.3, 0.4) is 0 Å². The predicted molar refractivity (Wildman–Crippen MR) is 83.1 cm³/mol. The number of benzene rings is 1. The molecule has 1 aromatic heterocycles. The molecule has 1 aromatic carbocycles. The summed E-state index contributed by atoms with van der Waals surface area (Å²) in [5.74, 6) is 0.586. The van der Waals surface area contributed by atoms with E-state index in [1.54, 1.807) is 19.1 Å². The number of hydrogen-bond acceptors (Lipinski definition) is 5. The molecule has 0 atom stereocenters. The second-order valence-corrected chi connectivity index (χ2v) is 4.84. The van der Waals surface area contributed by atoms with Gasteiger partial charge in [-0.15, -0.1) is 0 Å². The lowest BCUT2D eigenvalue weighted by Gasteiger charge is -2.09. The average Bonchev–Trinajstić information content (AvgIpc) is 2.90. The lowest BCUT2D eigenvalue weighted by molar-refractivity contribution is -0.112. The molecule has 0 aliphatic rings. The Morgan fingerprint density at radius 2 is 2.14 bits per heavy atom. The zero-order valence-electron chi connectivity index (χ0n) is 12.6. The maximum Gasteiger partial charge on any atom is 0.267 e. The van der Waals surface area contributed by atoms with Crippen LogP contribution in [0.4, 0.5) is 11.5 Å². The van der Waals surface area contributed by atoms with Crippen molar-refractivity contribution in [2.24, 2.45) is 0 Å². The van der Waals surface area contributed by atoms with Gasteiger partial charge in [0.2, 0.25) is 0 Å². The number of anilines is 2. The maximum atomic E-state index is 12.1. The molecule has 6 heteroatoms. The minimum atomic E-state index is -0.482. The van der Waals surface area contributed by atoms with E-state index in [1.807, 2.05) is 32.0 Å². The van der Waals surface area contributed by atoms with Crippen LogP contribution < -0.4 is 10.6 Å². The summed E-state index contributed by atoms with van der Waals surface area (Å²) in [6, 6.07) is 9.13. The van der Waals surface area contributed by atoms with Gasteiger partial charge in [-0.25, -0.2) is 0 Å². The third-order valence-electron chi connectivity index (χ3n) is 3.21. The minimum Gasteiger partial charge on any atom is -0.360 e. The highest BCUT2D eigenvalue weighted by Gasteiger charge is 2.11. The topological polar surface area (TPSA) is 91.0 Å². The molecule has 1 amide bonds. The van der Waals surface area contributed by atoms with Gasteiger partial charge in [0.25, 0.3) is 5.91 Å². The van der Waals surface area contributed by atoms with Gasteiger partial charge in [0, 0.05) is 18.0 Å². The van der Waals surface area contributed by atoms with Crippen LogP contribution >= 0.6 is 0 Å². The largest absolute Gasteiger partial charge is 0.360 e. The zero-order chi connectivity index (χ0) is 16.1. The second kappa shape index (κ2) is 6.59. The van der Waals surface area contributed by atoms with Crippen LogP contribution in [-0.2, 0) is 4.79 Å². The van der Waals surface area contributed by atoms with E-state index in [0.29, 0.717) is 17.3 Å². The normalized spacial score (nSPS) is 10.9. The van der Waals surface area contributed by atoms with Gasteiger partial charge in [-0.1, -0.05) is 17.3 Å². The van der Waals surface area contributed by atoms with Crippen molar-refractivity contribution in [1.82, 2.24) is 5.16 Å². The summed E-state index contributed by atoms with van der Waals surface area (Å²) in [6.45, 7) is 5.62. The first-order valence-electron chi connectivity index (χ1n) is 6.69. The van der Waals surface area contributed by atoms with Crippen LogP contribution in [0.25, 0.3) is 0 Å². The molecule has 0 fully saturated rings. The average molecular weight is 296 g/mol. The summed E-state index contributed by atoms with van der Waals surface area (Å²) in [7, 11) is 0. The summed E-state index contributed by atoms with van der Waals surface area (Å²) in [6.07, 6.45) is 1.30. The lowest BCUT2D eigenvalue weighted by Crippen LogP contribution is -2.15. The molecule has 1 heterocycles. The molecule has 0 saturated heterocycles. The molecular weight excluding hydrogens is 280 g/mol. The molecule has 6 nitrogen and oxygen atoms in total. The SMILES string of the molecule is Cc1cc(N/C=C(/C#N)C(=O)Nc2cccc(C)c2C)no1. The number of carbonyl (C=O) groups is 1. The second-order valence-electron chi connectivity index (χ2n) is 4.84. The molecule has 0 saturated carbocycles. The van der Waals surface area contributed by atoms with Gasteiger partial charge in [0.1, 0.15) is 17.4 Å². The first-order chi connectivity index (χ1) is 10.5. The highest BCUT2D eigenvalue weighted by molar-refractivity contribution is 6.07. The number of amides is 1. The van der Waals surface area contributed by atoms with Gasteiger partial charge >= 0.3 is 0 Å². The summed E-state index contributed by atoms with van der Waals surface area (Å²) >= 11 is 0. The smallest absolute Gasteiger partial charge is 0.267 e. The fraction of sp³-hybridized carbons (Fsp3) is 0.188. The van der Waals surface area contributed by atoms with Gasteiger partial charge in [-0.2, -0.15) is 5.26 Å². The number of hydrogen-bond donors (Lipinski definition) is 2. The predicted octanol–water partition coefficient (Wildman–Crippen LogP) is 3.06. The Morgan fingerprint density at radius 3 is 2.77 bits per heavy atom. The van der Waals surface area contributed by atoms with Crippen molar-refractivity contribution in [2.75, 3.05) is 10.6 Å². The van der Waals surface area contributed by atoms with E-state index in [2.05, 4.69) is 15.8 Å². The van der Waals surface area contributed by atoms with Gasteiger partial charge in [-0.3, -0.25) is 4.79 Å². The van der Waals surface area contributed by atoms with Crippen LogP contribution in [0.5, 0.6) is 0 Å². The fourth-order valence-corrected chi connectivity index (χ4v) is 1.81. The molecule has 2 N–H and O–H groups in total. The third-order valence-corrected chi connectivity index (χ3v) is 3.21.